The summed E-state index contributed by atoms with van der Waals surface area (Å²) in [5, 5.41) is 0.618. The van der Waals surface area contributed by atoms with Crippen molar-refractivity contribution in [2.75, 3.05) is 24.5 Å². The molecule has 1 saturated heterocycles. The van der Waals surface area contributed by atoms with Gasteiger partial charge in [-0.2, -0.15) is 4.98 Å². The predicted molar refractivity (Wildman–Crippen MR) is 140 cm³/mol. The van der Waals surface area contributed by atoms with E-state index in [1.54, 1.807) is 47.5 Å². The fourth-order valence-electron chi connectivity index (χ4n) is 4.28. The van der Waals surface area contributed by atoms with Gasteiger partial charge in [-0.05, 0) is 58.7 Å². The number of amides is 1. The number of nitrogens with zero attached hydrogens (tertiary/aromatic N) is 5. The maximum atomic E-state index is 13.4. The zero-order chi connectivity index (χ0) is 26.1. The Morgan fingerprint density at radius 2 is 1.97 bits per heavy atom. The van der Waals surface area contributed by atoms with Crippen LogP contribution in [0.4, 0.5) is 10.7 Å². The second-order valence-electron chi connectivity index (χ2n) is 10.0. The summed E-state index contributed by atoms with van der Waals surface area (Å²) < 4.78 is 33.5. The van der Waals surface area contributed by atoms with Gasteiger partial charge >= 0.3 is 6.09 Å². The lowest BCUT2D eigenvalue weighted by Crippen LogP contribution is -2.51. The Morgan fingerprint density at radius 1 is 1.25 bits per heavy atom. The molecular weight excluding hydrogens is 478 g/mol. The number of carbonyl (C=O) groups is 1. The van der Waals surface area contributed by atoms with Crippen molar-refractivity contribution in [3.8, 4) is 0 Å². The molecule has 36 heavy (non-hydrogen) atoms. The molecule has 2 aromatic heterocycles. The number of fused-ring (bicyclic) bond motifs is 1. The molecule has 1 aliphatic heterocycles. The van der Waals surface area contributed by atoms with E-state index in [-0.39, 0.29) is 17.0 Å². The van der Waals surface area contributed by atoms with Crippen LogP contribution in [0.2, 0.25) is 0 Å². The Hall–Kier alpha value is -3.40. The van der Waals surface area contributed by atoms with E-state index < -0.39 is 15.6 Å². The van der Waals surface area contributed by atoms with Gasteiger partial charge in [0, 0.05) is 37.4 Å². The van der Waals surface area contributed by atoms with Gasteiger partial charge in [0.2, 0.25) is 5.95 Å². The first-order chi connectivity index (χ1) is 17.0. The average molecular weight is 512 g/mol. The molecule has 1 aliphatic rings. The molecule has 9 nitrogen and oxygen atoms in total. The number of ether oxygens (including phenoxy) is 1. The van der Waals surface area contributed by atoms with Crippen LogP contribution in [0.5, 0.6) is 0 Å². The third kappa shape index (κ3) is 5.38. The zero-order valence-corrected chi connectivity index (χ0v) is 22.0. The first kappa shape index (κ1) is 25.7. The maximum Gasteiger partial charge on any atom is 0.410 e. The van der Waals surface area contributed by atoms with Crippen molar-refractivity contribution in [1.82, 2.24) is 18.8 Å². The molecule has 3 aromatic rings. The lowest BCUT2D eigenvalue weighted by Gasteiger charge is -2.39. The SMILES string of the molecule is C=CCN(c1ncc2ccn(S(=O)(=O)c3ccc(C)cc3)c2n1)[C@@H]1CCCN(C(=O)OC(C)(C)C)C1. The van der Waals surface area contributed by atoms with Gasteiger partial charge in [0.25, 0.3) is 10.0 Å². The Morgan fingerprint density at radius 3 is 2.64 bits per heavy atom. The molecular formula is C26H33N5O4S. The average Bonchev–Trinajstić information content (AvgIpc) is 3.26. The van der Waals surface area contributed by atoms with Gasteiger partial charge in [-0.3, -0.25) is 0 Å². The second-order valence-corrected chi connectivity index (χ2v) is 11.9. The number of aryl methyl sites for hydroxylation is 1. The minimum absolute atomic E-state index is 0.0705. The normalized spacial score (nSPS) is 16.7. The Balaban J connectivity index is 1.66. The van der Waals surface area contributed by atoms with E-state index in [9.17, 15) is 13.2 Å². The minimum Gasteiger partial charge on any atom is -0.444 e. The fraction of sp³-hybridized carbons (Fsp3) is 0.423. The van der Waals surface area contributed by atoms with E-state index in [1.807, 2.05) is 32.6 Å². The van der Waals surface area contributed by atoms with Crippen LogP contribution in [0.25, 0.3) is 11.0 Å². The second kappa shape index (κ2) is 9.93. The highest BCUT2D eigenvalue weighted by molar-refractivity contribution is 7.90. The molecule has 0 unspecified atom stereocenters. The van der Waals surface area contributed by atoms with Gasteiger partial charge < -0.3 is 14.5 Å². The number of rotatable bonds is 6. The van der Waals surface area contributed by atoms with Crippen LogP contribution in [0.3, 0.4) is 0 Å². The third-order valence-corrected chi connectivity index (χ3v) is 7.71. The highest BCUT2D eigenvalue weighted by atomic mass is 32.2. The van der Waals surface area contributed by atoms with Crippen molar-refractivity contribution in [2.24, 2.45) is 0 Å². The third-order valence-electron chi connectivity index (χ3n) is 6.03. The molecule has 3 heterocycles. The summed E-state index contributed by atoms with van der Waals surface area (Å²) in [5.41, 5.74) is 0.700. The molecule has 1 aromatic carbocycles. The van der Waals surface area contributed by atoms with E-state index in [1.165, 1.54) is 10.2 Å². The van der Waals surface area contributed by atoms with Crippen molar-refractivity contribution < 1.29 is 17.9 Å². The number of likely N-dealkylation sites (tertiary alicyclic amines) is 1. The summed E-state index contributed by atoms with van der Waals surface area (Å²) in [4.78, 5) is 25.8. The van der Waals surface area contributed by atoms with Crippen molar-refractivity contribution in [2.45, 2.75) is 57.1 Å². The predicted octanol–water partition coefficient (Wildman–Crippen LogP) is 4.37. The first-order valence-electron chi connectivity index (χ1n) is 12.0. The van der Waals surface area contributed by atoms with E-state index in [2.05, 4.69) is 16.5 Å². The van der Waals surface area contributed by atoms with Gasteiger partial charge in [-0.25, -0.2) is 22.2 Å². The summed E-state index contributed by atoms with van der Waals surface area (Å²) in [5.74, 6) is 0.387. The van der Waals surface area contributed by atoms with E-state index in [0.717, 1.165) is 18.4 Å². The van der Waals surface area contributed by atoms with E-state index in [4.69, 9.17) is 4.74 Å². The summed E-state index contributed by atoms with van der Waals surface area (Å²) >= 11 is 0. The maximum absolute atomic E-state index is 13.4. The quantitative estimate of drug-likeness (QED) is 0.453. The van der Waals surface area contributed by atoms with Crippen molar-refractivity contribution in [3.05, 3.63) is 60.9 Å². The molecule has 0 aliphatic carbocycles. The fourth-order valence-corrected chi connectivity index (χ4v) is 5.58. The zero-order valence-electron chi connectivity index (χ0n) is 21.2. The molecule has 0 N–H and O–H groups in total. The summed E-state index contributed by atoms with van der Waals surface area (Å²) in [6.07, 6.45) is 6.17. The smallest absolute Gasteiger partial charge is 0.410 e. The highest BCUT2D eigenvalue weighted by Gasteiger charge is 2.32. The summed E-state index contributed by atoms with van der Waals surface area (Å²) in [6, 6.07) is 8.34. The molecule has 1 atom stereocenters. The molecule has 4 rings (SSSR count). The molecule has 1 amide bonds. The standard InChI is InChI=1S/C26H33N5O4S/c1-6-14-30(21-8-7-15-29(18-21)25(32)35-26(3,4)5)24-27-17-20-13-16-31(23(20)28-24)36(33,34)22-11-9-19(2)10-12-22/h6,9-13,16-17,21H,1,7-8,14-15,18H2,2-5H3/t21-/m1/s1. The van der Waals surface area contributed by atoms with E-state index in [0.29, 0.717) is 36.6 Å². The highest BCUT2D eigenvalue weighted by Crippen LogP contribution is 2.26. The van der Waals surface area contributed by atoms with Crippen LogP contribution in [0, 0.1) is 6.92 Å². The molecule has 192 valence electrons. The summed E-state index contributed by atoms with van der Waals surface area (Å²) in [6.45, 7) is 12.8. The van der Waals surface area contributed by atoms with Gasteiger partial charge in [-0.15, -0.1) is 6.58 Å². The molecule has 0 spiro atoms. The van der Waals surface area contributed by atoms with Crippen LogP contribution >= 0.6 is 0 Å². The number of hydrogen-bond acceptors (Lipinski definition) is 7. The molecule has 10 heteroatoms. The molecule has 0 bridgehead atoms. The number of anilines is 1. The lowest BCUT2D eigenvalue weighted by molar-refractivity contribution is 0.0198. The van der Waals surface area contributed by atoms with Crippen molar-refractivity contribution in [3.63, 3.8) is 0 Å². The van der Waals surface area contributed by atoms with Gasteiger partial charge in [0.1, 0.15) is 5.60 Å². The largest absolute Gasteiger partial charge is 0.444 e. The number of carbonyl (C=O) groups excluding carboxylic acids is 1. The number of benzene rings is 1. The van der Waals surface area contributed by atoms with Gasteiger partial charge in [-0.1, -0.05) is 23.8 Å². The molecule has 0 saturated carbocycles. The van der Waals surface area contributed by atoms with Gasteiger partial charge in [0.15, 0.2) is 5.65 Å². The van der Waals surface area contributed by atoms with E-state index >= 15 is 0 Å². The Labute approximate surface area is 212 Å². The van der Waals surface area contributed by atoms with Crippen molar-refractivity contribution in [1.29, 1.82) is 0 Å². The number of aromatic nitrogens is 3. The van der Waals surface area contributed by atoms with Crippen LogP contribution in [0.15, 0.2) is 60.3 Å². The first-order valence-corrected chi connectivity index (χ1v) is 13.5. The van der Waals surface area contributed by atoms with Crippen LogP contribution in [0.1, 0.15) is 39.2 Å². The number of hydrogen-bond donors (Lipinski definition) is 0. The topological polar surface area (TPSA) is 97.6 Å². The van der Waals surface area contributed by atoms with Gasteiger partial charge in [0.05, 0.1) is 10.9 Å². The monoisotopic (exact) mass is 511 g/mol. The Bertz CT molecular complexity index is 1360. The minimum atomic E-state index is -3.84. The number of piperidine rings is 1. The summed E-state index contributed by atoms with van der Waals surface area (Å²) in [7, 11) is -3.84. The van der Waals surface area contributed by atoms with Crippen LogP contribution in [-0.2, 0) is 14.8 Å². The Kier molecular flexibility index (Phi) is 7.08. The lowest BCUT2D eigenvalue weighted by atomic mass is 10.0. The van der Waals surface area contributed by atoms with Crippen LogP contribution in [-0.4, -0.2) is 64.6 Å². The van der Waals surface area contributed by atoms with Crippen molar-refractivity contribution >= 4 is 33.1 Å². The molecule has 0 radical (unpaired) electrons. The van der Waals surface area contributed by atoms with Crippen LogP contribution < -0.4 is 4.90 Å². The molecule has 1 fully saturated rings.